The number of aromatic nitrogens is 3. The van der Waals surface area contributed by atoms with Gasteiger partial charge in [-0.2, -0.15) is 4.98 Å². The number of hydrazine groups is 1. The van der Waals surface area contributed by atoms with Crippen molar-refractivity contribution in [3.05, 3.63) is 30.3 Å². The molecule has 1 aliphatic heterocycles. The fourth-order valence-electron chi connectivity index (χ4n) is 1.85. The third-order valence-electron chi connectivity index (χ3n) is 2.73. The van der Waals surface area contributed by atoms with Gasteiger partial charge in [0.1, 0.15) is 11.7 Å². The van der Waals surface area contributed by atoms with Crippen LogP contribution in [0.2, 0.25) is 0 Å². The number of hydrogen-bond acceptors (Lipinski definition) is 6. The zero-order valence-electron chi connectivity index (χ0n) is 9.42. The Balaban J connectivity index is 1.84. The van der Waals surface area contributed by atoms with Gasteiger partial charge < -0.3 is 4.52 Å². The molecule has 2 aromatic rings. The van der Waals surface area contributed by atoms with Crippen molar-refractivity contribution >= 4 is 0 Å². The third kappa shape index (κ3) is 2.04. The Morgan fingerprint density at radius 1 is 1.35 bits per heavy atom. The Kier molecular flexibility index (Phi) is 2.58. The Labute approximate surface area is 98.4 Å². The summed E-state index contributed by atoms with van der Waals surface area (Å²) in [6.07, 6.45) is 2.65. The number of nitrogens with one attached hydrogen (secondary N) is 2. The van der Waals surface area contributed by atoms with Crippen LogP contribution in [0.3, 0.4) is 0 Å². The van der Waals surface area contributed by atoms with Crippen molar-refractivity contribution in [3.63, 3.8) is 0 Å². The average molecular weight is 231 g/mol. The van der Waals surface area contributed by atoms with E-state index in [1.54, 1.807) is 6.20 Å². The maximum Gasteiger partial charge on any atom is 0.245 e. The number of hydrogen-bond donors (Lipinski definition) is 2. The number of pyridine rings is 1. The van der Waals surface area contributed by atoms with Crippen LogP contribution >= 0.6 is 0 Å². The van der Waals surface area contributed by atoms with Crippen molar-refractivity contribution in [2.75, 3.05) is 0 Å². The summed E-state index contributed by atoms with van der Waals surface area (Å²) in [4.78, 5) is 8.54. The maximum atomic E-state index is 5.25. The van der Waals surface area contributed by atoms with E-state index in [1.807, 2.05) is 18.2 Å². The Bertz CT molecular complexity index is 498. The normalized spacial score (nSPS) is 24.1. The van der Waals surface area contributed by atoms with E-state index in [9.17, 15) is 0 Å². The summed E-state index contributed by atoms with van der Waals surface area (Å²) in [5, 5.41) is 3.94. The van der Waals surface area contributed by atoms with Crippen LogP contribution in [0, 0.1) is 0 Å². The van der Waals surface area contributed by atoms with Gasteiger partial charge in [0, 0.05) is 12.2 Å². The summed E-state index contributed by atoms with van der Waals surface area (Å²) in [6.45, 7) is 2.10. The van der Waals surface area contributed by atoms with Crippen molar-refractivity contribution < 1.29 is 4.52 Å². The predicted octanol–water partition coefficient (Wildman–Crippen LogP) is 1.06. The molecule has 0 aliphatic carbocycles. The van der Waals surface area contributed by atoms with Crippen LogP contribution in [0.15, 0.2) is 28.9 Å². The molecule has 0 saturated carbocycles. The Morgan fingerprint density at radius 2 is 2.29 bits per heavy atom. The molecule has 2 N–H and O–H groups in total. The highest BCUT2D eigenvalue weighted by Crippen LogP contribution is 2.22. The molecule has 0 aromatic carbocycles. The van der Waals surface area contributed by atoms with Gasteiger partial charge in [-0.15, -0.1) is 0 Å². The summed E-state index contributed by atoms with van der Waals surface area (Å²) in [6, 6.07) is 6.10. The zero-order valence-corrected chi connectivity index (χ0v) is 9.42. The van der Waals surface area contributed by atoms with Gasteiger partial charge in [-0.25, -0.2) is 5.43 Å². The zero-order chi connectivity index (χ0) is 11.7. The van der Waals surface area contributed by atoms with E-state index >= 15 is 0 Å². The highest BCUT2D eigenvalue weighted by Gasteiger charge is 2.26. The first kappa shape index (κ1) is 10.4. The second-order valence-corrected chi connectivity index (χ2v) is 4.15. The van der Waals surface area contributed by atoms with Crippen LogP contribution in [-0.2, 0) is 0 Å². The fraction of sp³-hybridized carbons (Fsp3) is 0.364. The van der Waals surface area contributed by atoms with Crippen molar-refractivity contribution in [1.82, 2.24) is 26.0 Å². The van der Waals surface area contributed by atoms with Gasteiger partial charge in [0.15, 0.2) is 0 Å². The molecule has 1 saturated heterocycles. The molecule has 3 heterocycles. The van der Waals surface area contributed by atoms with E-state index in [-0.39, 0.29) is 6.04 Å². The minimum atomic E-state index is 0.0787. The van der Waals surface area contributed by atoms with Crippen LogP contribution in [0.1, 0.15) is 25.3 Å². The fourth-order valence-corrected chi connectivity index (χ4v) is 1.85. The summed E-state index contributed by atoms with van der Waals surface area (Å²) in [5.74, 6) is 1.13. The predicted molar refractivity (Wildman–Crippen MR) is 60.6 cm³/mol. The molecule has 2 aromatic heterocycles. The highest BCUT2D eigenvalue weighted by molar-refractivity contribution is 5.47. The first-order valence-corrected chi connectivity index (χ1v) is 5.59. The molecule has 0 amide bonds. The maximum absolute atomic E-state index is 5.25. The second-order valence-electron chi connectivity index (χ2n) is 4.15. The molecule has 0 radical (unpaired) electrons. The van der Waals surface area contributed by atoms with Crippen LogP contribution < -0.4 is 10.9 Å². The summed E-state index contributed by atoms with van der Waals surface area (Å²) in [5.41, 5.74) is 6.97. The minimum absolute atomic E-state index is 0.0787. The molecule has 3 rings (SSSR count). The van der Waals surface area contributed by atoms with E-state index in [4.69, 9.17) is 4.52 Å². The van der Waals surface area contributed by atoms with Gasteiger partial charge in [0.2, 0.25) is 11.7 Å². The Morgan fingerprint density at radius 3 is 3.00 bits per heavy atom. The molecule has 2 unspecified atom stereocenters. The van der Waals surface area contributed by atoms with E-state index in [1.165, 1.54) is 0 Å². The highest BCUT2D eigenvalue weighted by atomic mass is 16.5. The lowest BCUT2D eigenvalue weighted by atomic mass is 10.1. The van der Waals surface area contributed by atoms with Gasteiger partial charge in [-0.3, -0.25) is 10.4 Å². The van der Waals surface area contributed by atoms with Crippen LogP contribution in [-0.4, -0.2) is 21.2 Å². The summed E-state index contributed by atoms with van der Waals surface area (Å²) < 4.78 is 5.25. The first-order chi connectivity index (χ1) is 8.33. The number of rotatable bonds is 2. The van der Waals surface area contributed by atoms with Crippen molar-refractivity contribution in [2.24, 2.45) is 0 Å². The molecule has 1 fully saturated rings. The smallest absolute Gasteiger partial charge is 0.245 e. The monoisotopic (exact) mass is 231 g/mol. The van der Waals surface area contributed by atoms with Gasteiger partial charge in [0.25, 0.3) is 0 Å². The van der Waals surface area contributed by atoms with E-state index < -0.39 is 0 Å². The van der Waals surface area contributed by atoms with Gasteiger partial charge in [0.05, 0.1) is 0 Å². The van der Waals surface area contributed by atoms with Gasteiger partial charge in [-0.05, 0) is 25.5 Å². The third-order valence-corrected chi connectivity index (χ3v) is 2.73. The average Bonchev–Trinajstić information content (AvgIpc) is 2.98. The van der Waals surface area contributed by atoms with Gasteiger partial charge in [-0.1, -0.05) is 11.2 Å². The molecular formula is C11H13N5O. The Hall–Kier alpha value is -1.79. The minimum Gasteiger partial charge on any atom is -0.337 e. The topological polar surface area (TPSA) is 75.9 Å². The molecule has 88 valence electrons. The quantitative estimate of drug-likeness (QED) is 0.804. The molecule has 0 spiro atoms. The molecule has 1 aliphatic rings. The van der Waals surface area contributed by atoms with E-state index in [0.29, 0.717) is 17.8 Å². The van der Waals surface area contributed by atoms with Crippen LogP contribution in [0.25, 0.3) is 11.5 Å². The number of nitrogens with zero attached hydrogens (tertiary/aromatic N) is 3. The molecule has 6 heteroatoms. The first-order valence-electron chi connectivity index (χ1n) is 5.59. The van der Waals surface area contributed by atoms with E-state index in [2.05, 4.69) is 32.9 Å². The van der Waals surface area contributed by atoms with E-state index in [0.717, 1.165) is 12.1 Å². The summed E-state index contributed by atoms with van der Waals surface area (Å²) in [7, 11) is 0. The summed E-state index contributed by atoms with van der Waals surface area (Å²) >= 11 is 0. The van der Waals surface area contributed by atoms with Gasteiger partial charge >= 0.3 is 0 Å². The van der Waals surface area contributed by atoms with Crippen LogP contribution in [0.5, 0.6) is 0 Å². The second kappa shape index (κ2) is 4.23. The molecule has 17 heavy (non-hydrogen) atoms. The molecule has 6 nitrogen and oxygen atoms in total. The SMILES string of the molecule is CC1CC(c2nc(-c3ccccn3)no2)NN1. The van der Waals surface area contributed by atoms with Crippen molar-refractivity contribution in [2.45, 2.75) is 25.4 Å². The standard InChI is InChI=1S/C11H13N5O/c1-7-6-9(15-14-7)11-13-10(16-17-11)8-4-2-3-5-12-8/h2-5,7,9,14-15H,6H2,1H3. The van der Waals surface area contributed by atoms with Crippen molar-refractivity contribution in [1.29, 1.82) is 0 Å². The lowest BCUT2D eigenvalue weighted by molar-refractivity contribution is 0.340. The lowest BCUT2D eigenvalue weighted by Gasteiger charge is -2.00. The molecular weight excluding hydrogens is 218 g/mol. The lowest BCUT2D eigenvalue weighted by Crippen LogP contribution is -2.28. The van der Waals surface area contributed by atoms with Crippen molar-refractivity contribution in [3.8, 4) is 11.5 Å². The largest absolute Gasteiger partial charge is 0.337 e. The molecule has 0 bridgehead atoms. The van der Waals surface area contributed by atoms with Crippen LogP contribution in [0.4, 0.5) is 0 Å². The molecule has 2 atom stereocenters.